The summed E-state index contributed by atoms with van der Waals surface area (Å²) in [6.07, 6.45) is 4.29. The van der Waals surface area contributed by atoms with Gasteiger partial charge < -0.3 is 9.80 Å². The summed E-state index contributed by atoms with van der Waals surface area (Å²) in [7, 11) is 0. The van der Waals surface area contributed by atoms with E-state index in [2.05, 4.69) is 30.0 Å². The van der Waals surface area contributed by atoms with E-state index in [1.54, 1.807) is 6.20 Å². The molecule has 0 amide bonds. The van der Waals surface area contributed by atoms with Crippen molar-refractivity contribution in [3.8, 4) is 11.4 Å². The van der Waals surface area contributed by atoms with Crippen LogP contribution in [0.2, 0.25) is 0 Å². The van der Waals surface area contributed by atoms with Gasteiger partial charge >= 0.3 is 0 Å². The molecule has 3 aromatic heterocycles. The molecule has 0 unspecified atom stereocenters. The number of halogens is 1. The van der Waals surface area contributed by atoms with Crippen molar-refractivity contribution < 1.29 is 4.39 Å². The molecule has 0 N–H and O–H groups in total. The third kappa shape index (κ3) is 3.23. The molecule has 126 valence electrons. The zero-order valence-electron chi connectivity index (χ0n) is 13.5. The molecule has 4 heterocycles. The first-order valence-electron chi connectivity index (χ1n) is 8.02. The number of hydrogen-bond donors (Lipinski definition) is 0. The van der Waals surface area contributed by atoms with Gasteiger partial charge in [-0.2, -0.15) is 0 Å². The van der Waals surface area contributed by atoms with Gasteiger partial charge in [0, 0.05) is 32.4 Å². The van der Waals surface area contributed by atoms with E-state index >= 15 is 0 Å². The second kappa shape index (κ2) is 6.76. The van der Waals surface area contributed by atoms with E-state index in [0.717, 1.165) is 30.3 Å². The van der Waals surface area contributed by atoms with Crippen LogP contribution in [-0.4, -0.2) is 51.3 Å². The first-order valence-corrected chi connectivity index (χ1v) is 8.02. The zero-order valence-corrected chi connectivity index (χ0v) is 13.5. The summed E-state index contributed by atoms with van der Waals surface area (Å²) in [6, 6.07) is 9.55. The van der Waals surface area contributed by atoms with E-state index in [4.69, 9.17) is 0 Å². The maximum absolute atomic E-state index is 13.8. The Hall–Kier alpha value is -3.16. The molecule has 25 heavy (non-hydrogen) atoms. The summed E-state index contributed by atoms with van der Waals surface area (Å²) in [5.41, 5.74) is 1.54. The second-order valence-corrected chi connectivity index (χ2v) is 5.66. The molecule has 0 aromatic carbocycles. The molecule has 7 nitrogen and oxygen atoms in total. The molecule has 1 fully saturated rings. The van der Waals surface area contributed by atoms with E-state index < -0.39 is 5.82 Å². The summed E-state index contributed by atoms with van der Waals surface area (Å²) in [6.45, 7) is 2.78. The standard InChI is InChI=1S/C17H16FN7/c18-13-11-19-12-21-17(13)25-9-7-24(8-10-25)16-5-4-15(22-23-16)14-3-1-2-6-20-14/h1-6,11-12H,7-10H2. The van der Waals surface area contributed by atoms with Crippen molar-refractivity contribution in [2.45, 2.75) is 0 Å². The van der Waals surface area contributed by atoms with Crippen LogP contribution in [-0.2, 0) is 0 Å². The third-order valence-electron chi connectivity index (χ3n) is 4.13. The van der Waals surface area contributed by atoms with Gasteiger partial charge in [0.2, 0.25) is 0 Å². The highest BCUT2D eigenvalue weighted by Gasteiger charge is 2.21. The van der Waals surface area contributed by atoms with Crippen LogP contribution < -0.4 is 9.80 Å². The average Bonchev–Trinajstić information content (AvgIpc) is 2.69. The maximum atomic E-state index is 13.8. The quantitative estimate of drug-likeness (QED) is 0.721. The lowest BCUT2D eigenvalue weighted by atomic mass is 10.2. The number of aromatic nitrogens is 5. The molecule has 1 aliphatic heterocycles. The van der Waals surface area contributed by atoms with Crippen molar-refractivity contribution >= 4 is 11.6 Å². The molecule has 0 bridgehead atoms. The summed E-state index contributed by atoms with van der Waals surface area (Å²) >= 11 is 0. The van der Waals surface area contributed by atoms with Crippen LogP contribution in [0.5, 0.6) is 0 Å². The predicted octanol–water partition coefficient (Wildman–Crippen LogP) is 1.79. The molecule has 0 radical (unpaired) electrons. The Labute approximate surface area is 144 Å². The van der Waals surface area contributed by atoms with Gasteiger partial charge in [-0.1, -0.05) is 6.07 Å². The molecule has 4 rings (SSSR count). The normalized spacial score (nSPS) is 14.6. The Bertz CT molecular complexity index is 833. The zero-order chi connectivity index (χ0) is 17.1. The lowest BCUT2D eigenvalue weighted by Gasteiger charge is -2.35. The van der Waals surface area contributed by atoms with Crippen LogP contribution in [0.4, 0.5) is 16.0 Å². The summed E-state index contributed by atoms with van der Waals surface area (Å²) < 4.78 is 13.8. The van der Waals surface area contributed by atoms with Crippen LogP contribution in [0.15, 0.2) is 49.1 Å². The SMILES string of the molecule is Fc1cncnc1N1CCN(c2ccc(-c3ccccn3)nn2)CC1. The van der Waals surface area contributed by atoms with E-state index in [9.17, 15) is 4.39 Å². The summed E-state index contributed by atoms with van der Waals surface area (Å²) in [5.74, 6) is 0.768. The minimum absolute atomic E-state index is 0.353. The van der Waals surface area contributed by atoms with Crippen LogP contribution >= 0.6 is 0 Å². The highest BCUT2D eigenvalue weighted by Crippen LogP contribution is 2.20. The van der Waals surface area contributed by atoms with Crippen molar-refractivity contribution in [1.29, 1.82) is 0 Å². The van der Waals surface area contributed by atoms with Crippen molar-refractivity contribution in [2.75, 3.05) is 36.0 Å². The van der Waals surface area contributed by atoms with Gasteiger partial charge in [-0.25, -0.2) is 14.4 Å². The van der Waals surface area contributed by atoms with E-state index in [1.165, 1.54) is 12.5 Å². The largest absolute Gasteiger partial charge is 0.352 e. The Balaban J connectivity index is 1.43. The molecule has 8 heteroatoms. The molecule has 1 saturated heterocycles. The number of nitrogens with zero attached hydrogens (tertiary/aromatic N) is 7. The third-order valence-corrected chi connectivity index (χ3v) is 4.13. The number of rotatable bonds is 3. The average molecular weight is 337 g/mol. The first kappa shape index (κ1) is 15.4. The van der Waals surface area contributed by atoms with Gasteiger partial charge in [-0.3, -0.25) is 4.98 Å². The Morgan fingerprint density at radius 3 is 2.36 bits per heavy atom. The van der Waals surface area contributed by atoms with Crippen LogP contribution in [0.1, 0.15) is 0 Å². The molecule has 0 spiro atoms. The predicted molar refractivity (Wildman–Crippen MR) is 91.7 cm³/mol. The maximum Gasteiger partial charge on any atom is 0.183 e. The monoisotopic (exact) mass is 337 g/mol. The highest BCUT2D eigenvalue weighted by molar-refractivity contribution is 5.55. The topological polar surface area (TPSA) is 70.9 Å². The number of piperazine rings is 1. The van der Waals surface area contributed by atoms with E-state index in [1.807, 2.05) is 35.2 Å². The first-order chi connectivity index (χ1) is 12.3. The fourth-order valence-electron chi connectivity index (χ4n) is 2.83. The Kier molecular flexibility index (Phi) is 4.16. The van der Waals surface area contributed by atoms with Gasteiger partial charge in [0.15, 0.2) is 17.5 Å². The highest BCUT2D eigenvalue weighted by atomic mass is 19.1. The molecular formula is C17H16FN7. The number of anilines is 2. The van der Waals surface area contributed by atoms with Crippen LogP contribution in [0.25, 0.3) is 11.4 Å². The lowest BCUT2D eigenvalue weighted by molar-refractivity contribution is 0.580. The number of hydrogen-bond acceptors (Lipinski definition) is 7. The van der Waals surface area contributed by atoms with Gasteiger partial charge in [0.25, 0.3) is 0 Å². The van der Waals surface area contributed by atoms with Crippen LogP contribution in [0, 0.1) is 5.82 Å². The minimum Gasteiger partial charge on any atom is -0.352 e. The molecular weight excluding hydrogens is 321 g/mol. The number of pyridine rings is 1. The minimum atomic E-state index is -0.393. The summed E-state index contributed by atoms with van der Waals surface area (Å²) in [4.78, 5) is 16.0. The fourth-order valence-corrected chi connectivity index (χ4v) is 2.83. The van der Waals surface area contributed by atoms with Crippen molar-refractivity contribution in [1.82, 2.24) is 25.1 Å². The van der Waals surface area contributed by atoms with Crippen molar-refractivity contribution in [2.24, 2.45) is 0 Å². The molecule has 0 saturated carbocycles. The molecule has 3 aromatic rings. The van der Waals surface area contributed by atoms with Crippen LogP contribution in [0.3, 0.4) is 0 Å². The Morgan fingerprint density at radius 1 is 0.840 bits per heavy atom. The Morgan fingerprint density at radius 2 is 1.68 bits per heavy atom. The molecule has 0 atom stereocenters. The smallest absolute Gasteiger partial charge is 0.183 e. The van der Waals surface area contributed by atoms with E-state index in [-0.39, 0.29) is 0 Å². The summed E-state index contributed by atoms with van der Waals surface area (Å²) in [5, 5.41) is 8.58. The van der Waals surface area contributed by atoms with Gasteiger partial charge in [0.05, 0.1) is 11.9 Å². The van der Waals surface area contributed by atoms with Gasteiger partial charge in [-0.15, -0.1) is 10.2 Å². The van der Waals surface area contributed by atoms with Gasteiger partial charge in [0.1, 0.15) is 12.0 Å². The van der Waals surface area contributed by atoms with Crippen molar-refractivity contribution in [3.63, 3.8) is 0 Å². The van der Waals surface area contributed by atoms with Gasteiger partial charge in [-0.05, 0) is 24.3 Å². The van der Waals surface area contributed by atoms with Crippen molar-refractivity contribution in [3.05, 3.63) is 54.9 Å². The fraction of sp³-hybridized carbons (Fsp3) is 0.235. The van der Waals surface area contributed by atoms with E-state index in [0.29, 0.717) is 18.9 Å². The lowest BCUT2D eigenvalue weighted by Crippen LogP contribution is -2.47. The molecule has 0 aliphatic carbocycles. The second-order valence-electron chi connectivity index (χ2n) is 5.66. The molecule has 1 aliphatic rings.